The number of hydrogen-bond donors (Lipinski definition) is 0. The normalized spacial score (nSPS) is 13.0. The van der Waals surface area contributed by atoms with E-state index in [1.165, 1.54) is 136 Å². The fourth-order valence-electron chi connectivity index (χ4n) is 17.0. The van der Waals surface area contributed by atoms with E-state index < -0.39 is 0 Å². The molecule has 22 rings (SSSR count). The molecule has 0 aliphatic heterocycles. The van der Waals surface area contributed by atoms with Crippen LogP contribution >= 0.6 is 11.3 Å². The van der Waals surface area contributed by atoms with Crippen LogP contribution in [0.2, 0.25) is 0 Å². The minimum absolute atomic E-state index is 0.0375. The summed E-state index contributed by atoms with van der Waals surface area (Å²) in [4.78, 5) is 4.65. The summed E-state index contributed by atoms with van der Waals surface area (Å²) in [5.41, 5.74) is 26.7. The zero-order valence-corrected chi connectivity index (χ0v) is 52.8. The maximum atomic E-state index is 6.36. The molecule has 0 saturated carbocycles. The molecular weight excluding hydrogens is 1170 g/mol. The highest BCUT2D eigenvalue weighted by atomic mass is 32.1. The molecular formula is C89H56N4OS. The van der Waals surface area contributed by atoms with E-state index in [9.17, 15) is 0 Å². The largest absolute Gasteiger partial charge is 0.456 e. The maximum Gasteiger partial charge on any atom is 0.137 e. The number of fused-ring (bicyclic) bond motifs is 5. The number of thiophene rings is 1. The van der Waals surface area contributed by atoms with E-state index in [1.54, 1.807) is 0 Å². The summed E-state index contributed by atoms with van der Waals surface area (Å²) in [5, 5.41) is 15.8. The van der Waals surface area contributed by atoms with Gasteiger partial charge in [-0.25, -0.2) is 0 Å². The van der Waals surface area contributed by atoms with Crippen molar-refractivity contribution in [3.05, 3.63) is 314 Å². The van der Waals surface area contributed by atoms with Gasteiger partial charge in [0, 0.05) is 115 Å². The Labute approximate surface area is 551 Å². The first kappa shape index (κ1) is 52.6. The molecule has 0 bridgehead atoms. The van der Waals surface area contributed by atoms with Crippen LogP contribution in [0.25, 0.3) is 152 Å². The van der Waals surface area contributed by atoms with Crippen molar-refractivity contribution in [1.82, 2.24) is 9.13 Å². The number of furan rings is 1. The number of benzene rings is 15. The zero-order chi connectivity index (χ0) is 62.4. The van der Waals surface area contributed by atoms with Crippen molar-refractivity contribution in [2.75, 3.05) is 9.80 Å². The van der Waals surface area contributed by atoms with Crippen LogP contribution in [0.1, 0.15) is 25.0 Å². The van der Waals surface area contributed by atoms with E-state index in [2.05, 4.69) is 324 Å². The van der Waals surface area contributed by atoms with Crippen LogP contribution < -0.4 is 9.80 Å². The van der Waals surface area contributed by atoms with Crippen LogP contribution in [0, 0.1) is 0 Å². The smallest absolute Gasteiger partial charge is 0.137 e. The van der Waals surface area contributed by atoms with Crippen molar-refractivity contribution in [2.45, 2.75) is 19.3 Å². The van der Waals surface area contributed by atoms with Crippen molar-refractivity contribution in [3.8, 4) is 44.8 Å². The molecule has 0 radical (unpaired) electrons. The molecule has 0 fully saturated rings. The summed E-state index contributed by atoms with van der Waals surface area (Å²) in [5.74, 6) is 0. The zero-order valence-electron chi connectivity index (χ0n) is 52.0. The first-order chi connectivity index (χ1) is 46.9. The quantitative estimate of drug-likeness (QED) is 0.152. The lowest BCUT2D eigenvalue weighted by atomic mass is 9.81. The van der Waals surface area contributed by atoms with Gasteiger partial charge in [-0.2, -0.15) is 0 Å². The molecule has 19 aromatic rings. The fourth-order valence-corrected chi connectivity index (χ4v) is 18.1. The van der Waals surface area contributed by atoms with E-state index in [-0.39, 0.29) is 5.41 Å². The number of nitrogens with zero attached hydrogens (tertiary/aromatic N) is 4. The summed E-state index contributed by atoms with van der Waals surface area (Å²) in [6.07, 6.45) is 0. The Kier molecular flexibility index (Phi) is 10.8. The average molecular weight is 1230 g/mol. The predicted octanol–water partition coefficient (Wildman–Crippen LogP) is 25.3. The number of hydrogen-bond acceptors (Lipinski definition) is 4. The third kappa shape index (κ3) is 7.32. The third-order valence-corrected chi connectivity index (χ3v) is 22.1. The summed E-state index contributed by atoms with van der Waals surface area (Å²) >= 11 is 1.90. The monoisotopic (exact) mass is 1230 g/mol. The summed E-state index contributed by atoms with van der Waals surface area (Å²) < 4.78 is 14.0. The Balaban J connectivity index is 0.000000127. The van der Waals surface area contributed by atoms with E-state index >= 15 is 0 Å². The number of para-hydroxylation sites is 4. The van der Waals surface area contributed by atoms with E-state index in [4.69, 9.17) is 4.42 Å². The van der Waals surface area contributed by atoms with Crippen molar-refractivity contribution < 1.29 is 4.42 Å². The van der Waals surface area contributed by atoms with Gasteiger partial charge in [0.1, 0.15) is 11.2 Å². The molecule has 5 nitrogen and oxygen atoms in total. The minimum Gasteiger partial charge on any atom is -0.456 e. The van der Waals surface area contributed by atoms with Crippen LogP contribution in [0.5, 0.6) is 0 Å². The van der Waals surface area contributed by atoms with Gasteiger partial charge in [0.15, 0.2) is 0 Å². The van der Waals surface area contributed by atoms with Gasteiger partial charge in [-0.15, -0.1) is 11.3 Å². The molecule has 0 saturated heterocycles. The summed E-state index contributed by atoms with van der Waals surface area (Å²) in [6.45, 7) is 4.77. The number of aromatic nitrogens is 2. The molecule has 15 aromatic carbocycles. The molecule has 0 amide bonds. The SMILES string of the molecule is CC1(C)c2cccc3c2-c2c1ccc1ccc4c(c21)c1c-3cccc1n4-c1ccc(N(c2ccccc2)c2ccccc2)cc1.c1ccc(N(c2cccc(-n3c4cccc5c4c4c6c(ccc7sc8cccc-5c8c76)ccc43)c2)c2ccc3c(c2)oc2ccccc23)cc1. The Hall–Kier alpha value is -12.0. The molecule has 444 valence electrons. The average Bonchev–Trinajstić information content (AvgIpc) is 1.52. The molecule has 3 aliphatic carbocycles. The van der Waals surface area contributed by atoms with Crippen molar-refractivity contribution in [3.63, 3.8) is 0 Å². The molecule has 0 N–H and O–H groups in total. The fraction of sp³-hybridized carbons (Fsp3) is 0.0337. The van der Waals surface area contributed by atoms with Crippen molar-refractivity contribution in [2.24, 2.45) is 0 Å². The van der Waals surface area contributed by atoms with Gasteiger partial charge in [-0.05, 0) is 194 Å². The second-order valence-electron chi connectivity index (χ2n) is 26.2. The van der Waals surface area contributed by atoms with Gasteiger partial charge in [0.05, 0.1) is 22.1 Å². The second-order valence-corrected chi connectivity index (χ2v) is 27.3. The van der Waals surface area contributed by atoms with Gasteiger partial charge in [0.25, 0.3) is 0 Å². The Morgan fingerprint density at radius 1 is 0.295 bits per heavy atom. The van der Waals surface area contributed by atoms with Crippen LogP contribution in [-0.2, 0) is 5.41 Å². The lowest BCUT2D eigenvalue weighted by molar-refractivity contribution is 0.661. The molecule has 3 aliphatic rings. The lowest BCUT2D eigenvalue weighted by Gasteiger charge is -2.26. The van der Waals surface area contributed by atoms with Gasteiger partial charge in [0.2, 0.25) is 0 Å². The van der Waals surface area contributed by atoms with Gasteiger partial charge in [-0.1, -0.05) is 178 Å². The molecule has 95 heavy (non-hydrogen) atoms. The molecule has 0 atom stereocenters. The highest BCUT2D eigenvalue weighted by Crippen LogP contribution is 2.60. The second kappa shape index (κ2) is 19.5. The number of rotatable bonds is 8. The number of anilines is 6. The highest BCUT2D eigenvalue weighted by molar-refractivity contribution is 7.26. The van der Waals surface area contributed by atoms with Crippen LogP contribution in [-0.4, -0.2) is 9.13 Å². The van der Waals surface area contributed by atoms with Crippen LogP contribution in [0.15, 0.2) is 308 Å². The first-order valence-electron chi connectivity index (χ1n) is 32.8. The Bertz CT molecular complexity index is 6450. The van der Waals surface area contributed by atoms with E-state index in [1.807, 2.05) is 23.5 Å². The van der Waals surface area contributed by atoms with E-state index in [0.29, 0.717) is 0 Å². The van der Waals surface area contributed by atoms with Crippen LogP contribution in [0.3, 0.4) is 0 Å². The minimum atomic E-state index is -0.0375. The van der Waals surface area contributed by atoms with Gasteiger partial charge >= 0.3 is 0 Å². The third-order valence-electron chi connectivity index (χ3n) is 21.0. The van der Waals surface area contributed by atoms with E-state index in [0.717, 1.165) is 61.8 Å². The molecule has 4 heterocycles. The van der Waals surface area contributed by atoms with Crippen molar-refractivity contribution >= 4 is 153 Å². The Morgan fingerprint density at radius 2 is 0.779 bits per heavy atom. The van der Waals surface area contributed by atoms with Gasteiger partial charge < -0.3 is 23.4 Å². The highest BCUT2D eigenvalue weighted by Gasteiger charge is 2.40. The van der Waals surface area contributed by atoms with Crippen LogP contribution in [0.4, 0.5) is 34.1 Å². The summed E-state index contributed by atoms with van der Waals surface area (Å²) in [7, 11) is 0. The molecule has 6 heteroatoms. The first-order valence-corrected chi connectivity index (χ1v) is 33.6. The van der Waals surface area contributed by atoms with Gasteiger partial charge in [-0.3, -0.25) is 0 Å². The lowest BCUT2D eigenvalue weighted by Crippen LogP contribution is -2.14. The molecule has 0 unspecified atom stereocenters. The molecule has 0 spiro atoms. The molecule has 4 aromatic heterocycles. The Morgan fingerprint density at radius 3 is 1.49 bits per heavy atom. The maximum absolute atomic E-state index is 6.36. The summed E-state index contributed by atoms with van der Waals surface area (Å²) in [6, 6.07) is 111. The topological polar surface area (TPSA) is 29.5 Å². The standard InChI is InChI=1S/C46H26N2OS.C43H30N2/c1-2-9-28(10-3-1)47(31-21-22-33-32-13-4-5-17-38(32)49-39(33)26-31)29-11-6-12-30(25-29)48-36-16-7-14-34-35-15-8-18-40-44(35)46-41(50-40)24-20-27-19-23-37(48)45(42(27)46)43(34)36;1-43(2)34-17-9-15-32-33-16-10-18-36-40(33)42-37(26-20-27-19-25-35(43)41(38(27)42)39(32)34)45(36)31-23-21-30(22-24-31)44(28-11-5-3-6-12-28)29-13-7-4-8-14-29/h1-26H;3-26H,1-2H3. The predicted molar refractivity (Wildman–Crippen MR) is 402 cm³/mol. The van der Waals surface area contributed by atoms with Crippen molar-refractivity contribution in [1.29, 1.82) is 0 Å².